The Balaban J connectivity index is 1.59. The topological polar surface area (TPSA) is 67.7 Å². The number of benzene rings is 1. The van der Waals surface area contributed by atoms with E-state index in [1.807, 2.05) is 24.3 Å². The van der Waals surface area contributed by atoms with Crippen LogP contribution in [0.15, 0.2) is 41.5 Å². The molecule has 1 aromatic heterocycles. The zero-order valence-corrected chi connectivity index (χ0v) is 14.5. The van der Waals surface area contributed by atoms with Gasteiger partial charge >= 0.3 is 0 Å². The van der Waals surface area contributed by atoms with Crippen molar-refractivity contribution in [2.45, 2.75) is 13.5 Å². The lowest BCUT2D eigenvalue weighted by Crippen LogP contribution is -2.50. The largest absolute Gasteiger partial charge is 0.497 e. The van der Waals surface area contributed by atoms with Crippen molar-refractivity contribution in [3.63, 3.8) is 0 Å². The van der Waals surface area contributed by atoms with Gasteiger partial charge in [-0.2, -0.15) is 0 Å². The van der Waals surface area contributed by atoms with E-state index in [0.717, 1.165) is 24.5 Å². The molecule has 1 saturated heterocycles. The molecule has 1 aliphatic rings. The van der Waals surface area contributed by atoms with E-state index in [0.29, 0.717) is 18.8 Å². The number of carbonyl (C=O) groups is 1. The van der Waals surface area contributed by atoms with Crippen molar-refractivity contribution in [2.24, 2.45) is 0 Å². The molecule has 1 fully saturated rings. The number of rotatable bonds is 4. The van der Waals surface area contributed by atoms with Crippen molar-refractivity contribution in [3.8, 4) is 5.75 Å². The molecular weight excluding hydrogens is 320 g/mol. The van der Waals surface area contributed by atoms with Gasteiger partial charge in [-0.1, -0.05) is 6.07 Å². The minimum Gasteiger partial charge on any atom is -0.497 e. The Bertz CT molecular complexity index is 810. The normalized spacial score (nSPS) is 14.5. The third-order valence-electron chi connectivity index (χ3n) is 4.37. The van der Waals surface area contributed by atoms with Gasteiger partial charge in [-0.15, -0.1) is 0 Å². The maximum Gasteiger partial charge on any atom is 0.253 e. The van der Waals surface area contributed by atoms with Crippen molar-refractivity contribution in [3.05, 3.63) is 52.7 Å². The number of nitrogens with zero attached hydrogens (tertiary/aromatic N) is 4. The Morgan fingerprint density at radius 2 is 1.96 bits per heavy atom. The molecule has 0 atom stereocenters. The monoisotopic (exact) mass is 342 g/mol. The van der Waals surface area contributed by atoms with Crippen LogP contribution in [0.1, 0.15) is 5.69 Å². The smallest absolute Gasteiger partial charge is 0.253 e. The van der Waals surface area contributed by atoms with Crippen LogP contribution in [0, 0.1) is 6.92 Å². The van der Waals surface area contributed by atoms with E-state index >= 15 is 0 Å². The highest BCUT2D eigenvalue weighted by Crippen LogP contribution is 2.22. The van der Waals surface area contributed by atoms with Gasteiger partial charge in [0.15, 0.2) is 0 Å². The molecule has 0 aliphatic carbocycles. The van der Waals surface area contributed by atoms with Gasteiger partial charge in [0.05, 0.1) is 13.4 Å². The number of hydrogen-bond donors (Lipinski definition) is 0. The summed E-state index contributed by atoms with van der Waals surface area (Å²) in [5.74, 6) is 0.764. The first-order valence-electron chi connectivity index (χ1n) is 8.26. The predicted octanol–water partition coefficient (Wildman–Crippen LogP) is 0.909. The molecule has 0 spiro atoms. The Morgan fingerprint density at radius 1 is 1.20 bits per heavy atom. The van der Waals surface area contributed by atoms with Crippen LogP contribution in [0.4, 0.5) is 5.69 Å². The number of piperazine rings is 1. The first kappa shape index (κ1) is 17.0. The molecule has 0 N–H and O–H groups in total. The zero-order chi connectivity index (χ0) is 17.8. The third-order valence-corrected chi connectivity index (χ3v) is 4.37. The Hall–Kier alpha value is -2.83. The summed E-state index contributed by atoms with van der Waals surface area (Å²) in [5, 5.41) is 0. The van der Waals surface area contributed by atoms with E-state index in [-0.39, 0.29) is 18.0 Å². The number of anilines is 1. The summed E-state index contributed by atoms with van der Waals surface area (Å²) in [6, 6.07) is 9.35. The molecular formula is C18H22N4O3. The third kappa shape index (κ3) is 3.99. The van der Waals surface area contributed by atoms with Gasteiger partial charge in [-0.05, 0) is 19.1 Å². The maximum atomic E-state index is 12.4. The van der Waals surface area contributed by atoms with Crippen molar-refractivity contribution in [1.29, 1.82) is 0 Å². The highest BCUT2D eigenvalue weighted by molar-refractivity contribution is 5.76. The fourth-order valence-corrected chi connectivity index (χ4v) is 2.90. The second-order valence-electron chi connectivity index (χ2n) is 6.07. The number of aryl methyl sites for hydroxylation is 1. The van der Waals surface area contributed by atoms with Crippen LogP contribution in [-0.2, 0) is 11.3 Å². The lowest BCUT2D eigenvalue weighted by Gasteiger charge is -2.36. The summed E-state index contributed by atoms with van der Waals surface area (Å²) in [4.78, 5) is 32.4. The number of amides is 1. The zero-order valence-electron chi connectivity index (χ0n) is 14.5. The summed E-state index contributed by atoms with van der Waals surface area (Å²) in [6.45, 7) is 4.55. The second-order valence-corrected chi connectivity index (χ2v) is 6.07. The second kappa shape index (κ2) is 7.38. The summed E-state index contributed by atoms with van der Waals surface area (Å²) < 4.78 is 6.61. The van der Waals surface area contributed by atoms with Crippen LogP contribution in [0.25, 0.3) is 0 Å². The van der Waals surface area contributed by atoms with Crippen LogP contribution in [0.5, 0.6) is 5.75 Å². The molecule has 3 rings (SSSR count). The number of methoxy groups -OCH3 is 1. The van der Waals surface area contributed by atoms with Crippen molar-refractivity contribution >= 4 is 11.6 Å². The number of aromatic nitrogens is 2. The molecule has 7 heteroatoms. The first-order chi connectivity index (χ1) is 12.1. The molecule has 25 heavy (non-hydrogen) atoms. The minimum absolute atomic E-state index is 0.0330. The molecule has 0 bridgehead atoms. The van der Waals surface area contributed by atoms with Crippen LogP contribution in [0.2, 0.25) is 0 Å². The Kier molecular flexibility index (Phi) is 5.02. The molecule has 132 valence electrons. The summed E-state index contributed by atoms with van der Waals surface area (Å²) >= 11 is 0. The standard InChI is InChI=1S/C18H22N4O3/c1-14-10-17(23)22(13-19-14)12-18(24)21-8-6-20(7-9-21)15-4-3-5-16(11-15)25-2/h3-5,10-11,13H,6-9,12H2,1-2H3. The van der Waals surface area contributed by atoms with E-state index in [1.165, 1.54) is 17.0 Å². The fraction of sp³-hybridized carbons (Fsp3) is 0.389. The summed E-state index contributed by atoms with van der Waals surface area (Å²) in [7, 11) is 1.65. The molecule has 1 amide bonds. The van der Waals surface area contributed by atoms with E-state index in [4.69, 9.17) is 4.74 Å². The van der Waals surface area contributed by atoms with Gasteiger partial charge < -0.3 is 14.5 Å². The van der Waals surface area contributed by atoms with Crippen molar-refractivity contribution in [2.75, 3.05) is 38.2 Å². The van der Waals surface area contributed by atoms with Crippen molar-refractivity contribution in [1.82, 2.24) is 14.5 Å². The average Bonchev–Trinajstić information content (AvgIpc) is 2.64. The van der Waals surface area contributed by atoms with Gasteiger partial charge in [0.25, 0.3) is 5.56 Å². The highest BCUT2D eigenvalue weighted by Gasteiger charge is 2.22. The fourth-order valence-electron chi connectivity index (χ4n) is 2.90. The summed E-state index contributed by atoms with van der Waals surface area (Å²) in [6.07, 6.45) is 1.43. The molecule has 2 heterocycles. The average molecular weight is 342 g/mol. The van der Waals surface area contributed by atoms with E-state index < -0.39 is 0 Å². The highest BCUT2D eigenvalue weighted by atomic mass is 16.5. The van der Waals surface area contributed by atoms with Gasteiger partial charge in [0, 0.05) is 49.7 Å². The van der Waals surface area contributed by atoms with Crippen LogP contribution < -0.4 is 15.2 Å². The van der Waals surface area contributed by atoms with Crippen molar-refractivity contribution < 1.29 is 9.53 Å². The van der Waals surface area contributed by atoms with E-state index in [1.54, 1.807) is 18.9 Å². The maximum absolute atomic E-state index is 12.4. The van der Waals surface area contributed by atoms with Gasteiger partial charge in [0.2, 0.25) is 5.91 Å². The number of hydrogen-bond acceptors (Lipinski definition) is 5. The summed E-state index contributed by atoms with van der Waals surface area (Å²) in [5.41, 5.74) is 1.54. The SMILES string of the molecule is COc1cccc(N2CCN(C(=O)Cn3cnc(C)cc3=O)CC2)c1. The molecule has 0 saturated carbocycles. The van der Waals surface area contributed by atoms with Gasteiger partial charge in [0.1, 0.15) is 12.3 Å². The molecule has 2 aromatic rings. The number of ether oxygens (including phenoxy) is 1. The molecule has 0 radical (unpaired) electrons. The van der Waals surface area contributed by atoms with Crippen LogP contribution in [-0.4, -0.2) is 53.6 Å². The molecule has 0 unspecified atom stereocenters. The predicted molar refractivity (Wildman–Crippen MR) is 95.0 cm³/mol. The molecule has 7 nitrogen and oxygen atoms in total. The van der Waals surface area contributed by atoms with Crippen LogP contribution in [0.3, 0.4) is 0 Å². The lowest BCUT2D eigenvalue weighted by atomic mass is 10.2. The lowest BCUT2D eigenvalue weighted by molar-refractivity contribution is -0.132. The Morgan fingerprint density at radius 3 is 2.64 bits per heavy atom. The Labute approximate surface area is 146 Å². The minimum atomic E-state index is -0.198. The number of carbonyl (C=O) groups excluding carboxylic acids is 1. The van der Waals surface area contributed by atoms with Crippen LogP contribution >= 0.6 is 0 Å². The van der Waals surface area contributed by atoms with Gasteiger partial charge in [-0.3, -0.25) is 14.2 Å². The van der Waals surface area contributed by atoms with E-state index in [2.05, 4.69) is 9.88 Å². The molecule has 1 aliphatic heterocycles. The molecule has 1 aromatic carbocycles. The first-order valence-corrected chi connectivity index (χ1v) is 8.26. The van der Waals surface area contributed by atoms with E-state index in [9.17, 15) is 9.59 Å². The quantitative estimate of drug-likeness (QED) is 0.826. The van der Waals surface area contributed by atoms with Gasteiger partial charge in [-0.25, -0.2) is 4.98 Å².